The van der Waals surface area contributed by atoms with Crippen molar-refractivity contribution < 1.29 is 14.7 Å². The van der Waals surface area contributed by atoms with Gasteiger partial charge in [-0.15, -0.1) is 0 Å². The molecule has 1 aromatic heterocycles. The first-order valence-electron chi connectivity index (χ1n) is 3.14. The van der Waals surface area contributed by atoms with Crippen LogP contribution >= 0.6 is 0 Å². The summed E-state index contributed by atoms with van der Waals surface area (Å²) in [5.41, 5.74) is 0.954. The van der Waals surface area contributed by atoms with Gasteiger partial charge in [0.15, 0.2) is 5.88 Å². The van der Waals surface area contributed by atoms with Crippen LogP contribution in [0.15, 0.2) is 18.3 Å². The van der Waals surface area contributed by atoms with Crippen LogP contribution in [0, 0.1) is 6.92 Å². The van der Waals surface area contributed by atoms with Crippen LogP contribution in [0.4, 0.5) is 0 Å². The molecule has 0 saturated carbocycles. The molecule has 1 heterocycles. The molecule has 0 bridgehead atoms. The predicted molar refractivity (Wildman–Crippen MR) is 39.8 cm³/mol. The molecule has 0 aliphatic rings. The smallest absolute Gasteiger partial charge is 0.498 e. The van der Waals surface area contributed by atoms with Gasteiger partial charge in [-0.3, -0.25) is 0 Å². The van der Waals surface area contributed by atoms with E-state index in [1.54, 1.807) is 12.1 Å². The van der Waals surface area contributed by atoms with Crippen LogP contribution < -0.4 is 4.65 Å². The highest BCUT2D eigenvalue weighted by atomic mass is 16.6. The molecule has 0 amide bonds. The molecular formula is C6H8BNO3. The summed E-state index contributed by atoms with van der Waals surface area (Å²) >= 11 is 0. The molecule has 0 spiro atoms. The van der Waals surface area contributed by atoms with E-state index in [0.29, 0.717) is 0 Å². The summed E-state index contributed by atoms with van der Waals surface area (Å²) in [6, 6.07) is 3.40. The van der Waals surface area contributed by atoms with E-state index in [2.05, 4.69) is 9.64 Å². The van der Waals surface area contributed by atoms with Gasteiger partial charge >= 0.3 is 7.32 Å². The molecule has 0 radical (unpaired) electrons. The van der Waals surface area contributed by atoms with Crippen molar-refractivity contribution in [2.75, 3.05) is 0 Å². The van der Waals surface area contributed by atoms with Crippen LogP contribution in [-0.2, 0) is 0 Å². The Kier molecular flexibility index (Phi) is 2.46. The molecule has 1 aromatic rings. The van der Waals surface area contributed by atoms with Gasteiger partial charge in [-0.05, 0) is 18.6 Å². The first kappa shape index (κ1) is 8.04. The summed E-state index contributed by atoms with van der Waals surface area (Å²) in [4.78, 5) is 3.74. The molecule has 0 fully saturated rings. The van der Waals surface area contributed by atoms with E-state index < -0.39 is 7.32 Å². The monoisotopic (exact) mass is 153 g/mol. The highest BCUT2D eigenvalue weighted by Crippen LogP contribution is 2.07. The molecular weight excluding hydrogens is 145 g/mol. The summed E-state index contributed by atoms with van der Waals surface area (Å²) in [5.74, 6) is 0.208. The van der Waals surface area contributed by atoms with Gasteiger partial charge in [0.05, 0.1) is 0 Å². The van der Waals surface area contributed by atoms with Crippen LogP contribution in [0.1, 0.15) is 5.56 Å². The fourth-order valence-electron chi connectivity index (χ4n) is 0.681. The SMILES string of the molecule is Cc1ccnc(OB(O)O)c1. The Morgan fingerprint density at radius 3 is 2.82 bits per heavy atom. The molecule has 0 saturated heterocycles. The van der Waals surface area contributed by atoms with Gasteiger partial charge in [-0.25, -0.2) is 4.98 Å². The molecule has 0 aliphatic carbocycles. The lowest BCUT2D eigenvalue weighted by Crippen LogP contribution is -2.21. The minimum absolute atomic E-state index is 0.208. The van der Waals surface area contributed by atoms with E-state index >= 15 is 0 Å². The summed E-state index contributed by atoms with van der Waals surface area (Å²) < 4.78 is 4.50. The number of nitrogens with zero attached hydrogens (tertiary/aromatic N) is 1. The van der Waals surface area contributed by atoms with Crippen molar-refractivity contribution in [2.24, 2.45) is 0 Å². The van der Waals surface area contributed by atoms with Crippen molar-refractivity contribution in [2.45, 2.75) is 6.92 Å². The second-order valence-corrected chi connectivity index (χ2v) is 2.12. The Labute approximate surface area is 64.6 Å². The van der Waals surface area contributed by atoms with E-state index in [4.69, 9.17) is 10.0 Å². The minimum atomic E-state index is -1.80. The summed E-state index contributed by atoms with van der Waals surface area (Å²) in [6.07, 6.45) is 1.53. The van der Waals surface area contributed by atoms with E-state index in [-0.39, 0.29) is 5.88 Å². The quantitative estimate of drug-likeness (QED) is 0.574. The van der Waals surface area contributed by atoms with Crippen molar-refractivity contribution in [1.82, 2.24) is 4.98 Å². The summed E-state index contributed by atoms with van der Waals surface area (Å²) in [6.45, 7) is 1.86. The molecule has 5 heteroatoms. The third kappa shape index (κ3) is 2.57. The summed E-state index contributed by atoms with van der Waals surface area (Å²) in [7, 11) is -1.80. The van der Waals surface area contributed by atoms with Crippen LogP contribution in [0.3, 0.4) is 0 Å². The summed E-state index contributed by atoms with van der Waals surface area (Å²) in [5, 5.41) is 16.8. The Balaban J connectivity index is 2.71. The Morgan fingerprint density at radius 1 is 1.55 bits per heavy atom. The van der Waals surface area contributed by atoms with Crippen molar-refractivity contribution in [3.05, 3.63) is 23.9 Å². The Morgan fingerprint density at radius 2 is 2.27 bits per heavy atom. The zero-order chi connectivity index (χ0) is 8.27. The Hall–Kier alpha value is -1.07. The van der Waals surface area contributed by atoms with E-state index in [1.807, 2.05) is 6.92 Å². The van der Waals surface area contributed by atoms with Gasteiger partial charge in [-0.2, -0.15) is 0 Å². The fraction of sp³-hybridized carbons (Fsp3) is 0.167. The molecule has 2 N–H and O–H groups in total. The van der Waals surface area contributed by atoms with Crippen LogP contribution in [0.2, 0.25) is 0 Å². The van der Waals surface area contributed by atoms with Crippen LogP contribution in [0.25, 0.3) is 0 Å². The molecule has 0 atom stereocenters. The number of pyridine rings is 1. The molecule has 0 unspecified atom stereocenters. The third-order valence-electron chi connectivity index (χ3n) is 1.12. The topological polar surface area (TPSA) is 62.6 Å². The lowest BCUT2D eigenvalue weighted by Gasteiger charge is -2.02. The Bertz CT molecular complexity index is 241. The number of hydrogen-bond acceptors (Lipinski definition) is 4. The molecule has 4 nitrogen and oxygen atoms in total. The molecule has 11 heavy (non-hydrogen) atoms. The highest BCUT2D eigenvalue weighted by Gasteiger charge is 2.11. The van der Waals surface area contributed by atoms with E-state index in [0.717, 1.165) is 5.56 Å². The zero-order valence-electron chi connectivity index (χ0n) is 6.06. The maximum atomic E-state index is 8.39. The average molecular weight is 153 g/mol. The van der Waals surface area contributed by atoms with Crippen LogP contribution in [0.5, 0.6) is 5.88 Å². The molecule has 1 rings (SSSR count). The van der Waals surface area contributed by atoms with Crippen molar-refractivity contribution in [1.29, 1.82) is 0 Å². The second kappa shape index (κ2) is 3.36. The van der Waals surface area contributed by atoms with Crippen LogP contribution in [-0.4, -0.2) is 22.4 Å². The maximum Gasteiger partial charge on any atom is 0.708 e. The first-order valence-corrected chi connectivity index (χ1v) is 3.14. The second-order valence-electron chi connectivity index (χ2n) is 2.12. The van der Waals surface area contributed by atoms with Gasteiger partial charge < -0.3 is 14.7 Å². The van der Waals surface area contributed by atoms with Crippen molar-refractivity contribution >= 4 is 7.32 Å². The van der Waals surface area contributed by atoms with Gasteiger partial charge in [0.25, 0.3) is 0 Å². The fourth-order valence-corrected chi connectivity index (χ4v) is 0.681. The third-order valence-corrected chi connectivity index (χ3v) is 1.12. The number of hydrogen-bond donors (Lipinski definition) is 2. The van der Waals surface area contributed by atoms with Crippen molar-refractivity contribution in [3.63, 3.8) is 0 Å². The van der Waals surface area contributed by atoms with Gasteiger partial charge in [0.2, 0.25) is 0 Å². The number of rotatable bonds is 2. The van der Waals surface area contributed by atoms with Gasteiger partial charge in [0.1, 0.15) is 0 Å². The standard InChI is InChI=1S/C6H8BNO3/c1-5-2-3-8-6(4-5)11-7(9)10/h2-4,9-10H,1H3. The van der Waals surface area contributed by atoms with Gasteiger partial charge in [0, 0.05) is 12.3 Å². The maximum absolute atomic E-state index is 8.39. The van der Waals surface area contributed by atoms with Gasteiger partial charge in [-0.1, -0.05) is 0 Å². The van der Waals surface area contributed by atoms with E-state index in [9.17, 15) is 0 Å². The molecule has 0 aromatic carbocycles. The first-order chi connectivity index (χ1) is 5.18. The lowest BCUT2D eigenvalue weighted by atomic mass is 10.2. The van der Waals surface area contributed by atoms with Crippen molar-refractivity contribution in [3.8, 4) is 5.88 Å². The zero-order valence-corrected chi connectivity index (χ0v) is 6.06. The average Bonchev–Trinajstić information content (AvgIpc) is 1.85. The lowest BCUT2D eigenvalue weighted by molar-refractivity contribution is 0.283. The molecule has 0 aliphatic heterocycles. The number of aromatic nitrogens is 1. The highest BCUT2D eigenvalue weighted by molar-refractivity contribution is 6.33. The minimum Gasteiger partial charge on any atom is -0.498 e. The normalized spacial score (nSPS) is 9.36. The van der Waals surface area contributed by atoms with E-state index in [1.165, 1.54) is 6.20 Å². The molecule has 58 valence electrons. The largest absolute Gasteiger partial charge is 0.708 e. The number of aryl methyl sites for hydroxylation is 1. The predicted octanol–water partition coefficient (Wildman–Crippen LogP) is -0.262.